The van der Waals surface area contributed by atoms with E-state index in [2.05, 4.69) is 45.0 Å². The van der Waals surface area contributed by atoms with E-state index >= 15 is 0 Å². The van der Waals surface area contributed by atoms with Crippen LogP contribution in [0.4, 0.5) is 5.13 Å². The van der Waals surface area contributed by atoms with Crippen LogP contribution >= 0.6 is 11.5 Å². The molecule has 2 aliphatic rings. The molecule has 0 atom stereocenters. The minimum atomic E-state index is 0.537. The highest BCUT2D eigenvalue weighted by atomic mass is 32.1. The molecule has 0 amide bonds. The molecule has 5 nitrogen and oxygen atoms in total. The highest BCUT2D eigenvalue weighted by molar-refractivity contribution is 7.09. The zero-order chi connectivity index (χ0) is 16.8. The monoisotopic (exact) mass is 353 g/mol. The molecule has 6 heteroatoms. The fourth-order valence-electron chi connectivity index (χ4n) is 3.93. The number of hydrogen-bond donors (Lipinski definition) is 0. The third kappa shape index (κ3) is 2.72. The third-order valence-corrected chi connectivity index (χ3v) is 6.25. The Morgan fingerprint density at radius 2 is 1.88 bits per heavy atom. The Morgan fingerprint density at radius 1 is 1.08 bits per heavy atom. The van der Waals surface area contributed by atoms with E-state index in [4.69, 9.17) is 9.97 Å². The van der Waals surface area contributed by atoms with Crippen LogP contribution in [0.3, 0.4) is 0 Å². The SMILES string of the molecule is CCc1nc2ccccc2n1C1CCN(c2nc(C3CC3)ns2)CC1. The molecule has 0 spiro atoms. The van der Waals surface area contributed by atoms with Crippen LogP contribution in [0.15, 0.2) is 24.3 Å². The Hall–Kier alpha value is -1.95. The Bertz CT molecular complexity index is 886. The molecule has 5 rings (SSSR count). The highest BCUT2D eigenvalue weighted by Crippen LogP contribution is 2.40. The summed E-state index contributed by atoms with van der Waals surface area (Å²) in [6.45, 7) is 4.31. The van der Waals surface area contributed by atoms with Gasteiger partial charge in [-0.1, -0.05) is 19.1 Å². The van der Waals surface area contributed by atoms with Gasteiger partial charge in [0.2, 0.25) is 5.13 Å². The van der Waals surface area contributed by atoms with Crippen LogP contribution in [0.2, 0.25) is 0 Å². The normalized spacial score (nSPS) is 19.0. The molecule has 1 saturated heterocycles. The Morgan fingerprint density at radius 3 is 2.64 bits per heavy atom. The second-order valence-corrected chi connectivity index (χ2v) is 7.90. The number of fused-ring (bicyclic) bond motifs is 1. The molecule has 2 aromatic heterocycles. The van der Waals surface area contributed by atoms with Crippen molar-refractivity contribution in [2.24, 2.45) is 0 Å². The summed E-state index contributed by atoms with van der Waals surface area (Å²) >= 11 is 1.58. The van der Waals surface area contributed by atoms with Gasteiger partial charge in [0.15, 0.2) is 0 Å². The molecule has 130 valence electrons. The van der Waals surface area contributed by atoms with Gasteiger partial charge in [0.05, 0.1) is 11.0 Å². The summed E-state index contributed by atoms with van der Waals surface area (Å²) in [5.74, 6) is 2.94. The van der Waals surface area contributed by atoms with Gasteiger partial charge in [-0.3, -0.25) is 0 Å². The number of aryl methyl sites for hydroxylation is 1. The zero-order valence-electron chi connectivity index (χ0n) is 14.6. The fraction of sp³-hybridized carbons (Fsp3) is 0.526. The van der Waals surface area contributed by atoms with Crippen molar-refractivity contribution in [3.63, 3.8) is 0 Å². The molecule has 0 radical (unpaired) electrons. The summed E-state index contributed by atoms with van der Waals surface area (Å²) in [6, 6.07) is 9.07. The van der Waals surface area contributed by atoms with Gasteiger partial charge in [0.1, 0.15) is 11.6 Å². The molecule has 3 aromatic rings. The number of rotatable bonds is 4. The first-order valence-corrected chi connectivity index (χ1v) is 10.1. The maximum absolute atomic E-state index is 4.84. The number of para-hydroxylation sites is 2. The molecule has 3 heterocycles. The Labute approximate surface area is 151 Å². The first-order valence-electron chi connectivity index (χ1n) is 9.38. The fourth-order valence-corrected chi connectivity index (χ4v) is 4.73. The molecule has 1 aliphatic heterocycles. The largest absolute Gasteiger partial charge is 0.347 e. The predicted octanol–water partition coefficient (Wildman–Crippen LogP) is 4.17. The second-order valence-electron chi connectivity index (χ2n) is 7.17. The van der Waals surface area contributed by atoms with Crippen LogP contribution in [0.25, 0.3) is 11.0 Å². The first kappa shape index (κ1) is 15.3. The maximum atomic E-state index is 4.84. The smallest absolute Gasteiger partial charge is 0.205 e. The molecule has 0 unspecified atom stereocenters. The summed E-state index contributed by atoms with van der Waals surface area (Å²) in [5, 5.41) is 1.12. The van der Waals surface area contributed by atoms with Crippen molar-refractivity contribution in [3.05, 3.63) is 35.9 Å². The maximum Gasteiger partial charge on any atom is 0.205 e. The standard InChI is InChI=1S/C19H23N5S/c1-2-17-20-15-5-3-4-6-16(15)24(17)14-9-11-23(12-10-14)19-21-18(22-25-19)13-7-8-13/h3-6,13-14H,2,7-12H2,1H3. The van der Waals surface area contributed by atoms with Crippen LogP contribution < -0.4 is 4.90 Å². The summed E-state index contributed by atoms with van der Waals surface area (Å²) in [6.07, 6.45) is 5.81. The van der Waals surface area contributed by atoms with E-state index in [1.165, 1.54) is 24.2 Å². The summed E-state index contributed by atoms with van der Waals surface area (Å²) < 4.78 is 7.05. The van der Waals surface area contributed by atoms with Gasteiger partial charge in [-0.15, -0.1) is 0 Å². The van der Waals surface area contributed by atoms with Crippen molar-refractivity contribution < 1.29 is 0 Å². The van der Waals surface area contributed by atoms with E-state index in [1.807, 2.05) is 0 Å². The number of imidazole rings is 1. The topological polar surface area (TPSA) is 46.8 Å². The van der Waals surface area contributed by atoms with E-state index in [9.17, 15) is 0 Å². The molecule has 1 saturated carbocycles. The minimum absolute atomic E-state index is 0.537. The van der Waals surface area contributed by atoms with E-state index in [0.717, 1.165) is 48.8 Å². The van der Waals surface area contributed by atoms with Gasteiger partial charge in [-0.05, 0) is 37.8 Å². The molecular weight excluding hydrogens is 330 g/mol. The molecule has 2 fully saturated rings. The van der Waals surface area contributed by atoms with Crippen molar-refractivity contribution in [3.8, 4) is 0 Å². The lowest BCUT2D eigenvalue weighted by atomic mass is 10.0. The number of hydrogen-bond acceptors (Lipinski definition) is 5. The van der Waals surface area contributed by atoms with Gasteiger partial charge in [-0.25, -0.2) is 9.97 Å². The average Bonchev–Trinajstić information content (AvgIpc) is 3.27. The molecule has 0 N–H and O–H groups in total. The third-order valence-electron chi connectivity index (χ3n) is 5.46. The second kappa shape index (κ2) is 6.09. The lowest BCUT2D eigenvalue weighted by Crippen LogP contribution is -2.35. The number of piperidine rings is 1. The number of nitrogens with zero attached hydrogens (tertiary/aromatic N) is 5. The zero-order valence-corrected chi connectivity index (χ0v) is 15.4. The number of anilines is 1. The number of aromatic nitrogens is 4. The highest BCUT2D eigenvalue weighted by Gasteiger charge is 2.30. The van der Waals surface area contributed by atoms with E-state index in [-0.39, 0.29) is 0 Å². The van der Waals surface area contributed by atoms with Gasteiger partial charge in [0.25, 0.3) is 0 Å². The summed E-state index contributed by atoms with van der Waals surface area (Å²) in [5.41, 5.74) is 2.41. The Kier molecular flexibility index (Phi) is 3.73. The van der Waals surface area contributed by atoms with Crippen LogP contribution in [0, 0.1) is 0 Å². The van der Waals surface area contributed by atoms with Crippen molar-refractivity contribution in [1.29, 1.82) is 0 Å². The van der Waals surface area contributed by atoms with Crippen LogP contribution in [-0.4, -0.2) is 32.0 Å². The summed E-state index contributed by atoms with van der Waals surface area (Å²) in [7, 11) is 0. The van der Waals surface area contributed by atoms with Crippen molar-refractivity contribution in [1.82, 2.24) is 18.9 Å². The number of benzene rings is 1. The molecule has 1 aromatic carbocycles. The van der Waals surface area contributed by atoms with Crippen LogP contribution in [0.1, 0.15) is 56.2 Å². The van der Waals surface area contributed by atoms with Crippen molar-refractivity contribution in [2.75, 3.05) is 18.0 Å². The summed E-state index contributed by atoms with van der Waals surface area (Å²) in [4.78, 5) is 12.0. The molecule has 0 bridgehead atoms. The Balaban J connectivity index is 1.36. The average molecular weight is 353 g/mol. The predicted molar refractivity (Wildman–Crippen MR) is 101 cm³/mol. The quantitative estimate of drug-likeness (QED) is 0.706. The van der Waals surface area contributed by atoms with Crippen molar-refractivity contribution in [2.45, 2.75) is 51.0 Å². The van der Waals surface area contributed by atoms with Gasteiger partial charge in [-0.2, -0.15) is 4.37 Å². The molecule has 25 heavy (non-hydrogen) atoms. The first-order chi connectivity index (χ1) is 12.3. The van der Waals surface area contributed by atoms with E-state index in [0.29, 0.717) is 12.0 Å². The van der Waals surface area contributed by atoms with E-state index in [1.54, 1.807) is 11.5 Å². The van der Waals surface area contributed by atoms with E-state index < -0.39 is 0 Å². The van der Waals surface area contributed by atoms with Gasteiger partial charge in [0, 0.05) is 43.0 Å². The van der Waals surface area contributed by atoms with Crippen molar-refractivity contribution >= 4 is 27.7 Å². The lowest BCUT2D eigenvalue weighted by molar-refractivity contribution is 0.395. The molecule has 1 aliphatic carbocycles. The van der Waals surface area contributed by atoms with Gasteiger partial charge < -0.3 is 9.47 Å². The van der Waals surface area contributed by atoms with Crippen LogP contribution in [-0.2, 0) is 6.42 Å². The minimum Gasteiger partial charge on any atom is -0.347 e. The lowest BCUT2D eigenvalue weighted by Gasteiger charge is -2.33. The van der Waals surface area contributed by atoms with Crippen LogP contribution in [0.5, 0.6) is 0 Å². The molecular formula is C19H23N5S. The van der Waals surface area contributed by atoms with Gasteiger partial charge >= 0.3 is 0 Å².